The van der Waals surface area contributed by atoms with E-state index in [0.717, 1.165) is 24.1 Å². The number of rotatable bonds is 5. The Kier molecular flexibility index (Phi) is 5.13. The van der Waals surface area contributed by atoms with E-state index in [1.807, 2.05) is 6.92 Å². The van der Waals surface area contributed by atoms with E-state index in [2.05, 4.69) is 15.1 Å². The number of carboxylic acid groups (broad SMARTS) is 1. The van der Waals surface area contributed by atoms with Gasteiger partial charge in [-0.2, -0.15) is 23.7 Å². The minimum Gasteiger partial charge on any atom is -0.478 e. The number of nitrogens with one attached hydrogen (secondary N) is 1. The van der Waals surface area contributed by atoms with Crippen molar-refractivity contribution in [2.45, 2.75) is 31.7 Å². The zero-order valence-electron chi connectivity index (χ0n) is 16.4. The van der Waals surface area contributed by atoms with E-state index in [0.29, 0.717) is 11.0 Å². The molecule has 4 aromatic rings. The van der Waals surface area contributed by atoms with Crippen LogP contribution in [0.15, 0.2) is 41.5 Å². The van der Waals surface area contributed by atoms with Crippen LogP contribution in [-0.4, -0.2) is 40.6 Å². The fourth-order valence-electron chi connectivity index (χ4n) is 3.51. The molecule has 3 heterocycles. The Hall–Kier alpha value is -3.47. The molecule has 1 atom stereocenters. The molecule has 2 N–H and O–H groups in total. The minimum absolute atomic E-state index is 0. The number of hydrogen-bond acceptors (Lipinski definition) is 5. The maximum Gasteiger partial charge on any atom is 0.338 e. The number of carbonyl (C=O) groups is 1. The van der Waals surface area contributed by atoms with Crippen LogP contribution in [-0.2, 0) is 0 Å². The number of hydrogen-bond donors (Lipinski definition) is 2. The third-order valence-electron chi connectivity index (χ3n) is 5.30. The first kappa shape index (κ1) is 20.8. The highest BCUT2D eigenvalue weighted by molar-refractivity contribution is 7.59. The number of H-pyrrole nitrogens is 1. The van der Waals surface area contributed by atoms with Crippen LogP contribution in [0, 0.1) is 5.82 Å². The van der Waals surface area contributed by atoms with E-state index in [4.69, 9.17) is 10.2 Å². The summed E-state index contributed by atoms with van der Waals surface area (Å²) in [6, 6.07) is 5.77. The van der Waals surface area contributed by atoms with Gasteiger partial charge in [0.15, 0.2) is 5.52 Å². The van der Waals surface area contributed by atoms with Crippen LogP contribution in [0.2, 0.25) is 0 Å². The third-order valence-corrected chi connectivity index (χ3v) is 5.30. The monoisotopic (exact) mass is 442 g/mol. The van der Waals surface area contributed by atoms with Gasteiger partial charge >= 0.3 is 5.97 Å². The van der Waals surface area contributed by atoms with E-state index in [1.165, 1.54) is 29.2 Å². The second kappa shape index (κ2) is 7.65. The molecule has 0 radical (unpaired) electrons. The van der Waals surface area contributed by atoms with Crippen LogP contribution in [0.4, 0.5) is 4.39 Å². The molecular formula is C20H19FN6O3S. The predicted octanol–water partition coefficient (Wildman–Crippen LogP) is 2.74. The molecule has 9 nitrogen and oxygen atoms in total. The smallest absolute Gasteiger partial charge is 0.338 e. The van der Waals surface area contributed by atoms with E-state index in [9.17, 15) is 14.0 Å². The fraction of sp³-hybridized carbons (Fsp3) is 0.250. The first-order chi connectivity index (χ1) is 14.4. The van der Waals surface area contributed by atoms with Gasteiger partial charge in [0.2, 0.25) is 5.95 Å². The molecule has 0 aliphatic heterocycles. The summed E-state index contributed by atoms with van der Waals surface area (Å²) in [7, 11) is 0. The molecule has 3 aromatic heterocycles. The summed E-state index contributed by atoms with van der Waals surface area (Å²) >= 11 is 0. The molecule has 0 unspecified atom stereocenters. The van der Waals surface area contributed by atoms with Crippen LogP contribution in [0.1, 0.15) is 53.3 Å². The zero-order valence-corrected chi connectivity index (χ0v) is 17.4. The molecule has 31 heavy (non-hydrogen) atoms. The lowest BCUT2D eigenvalue weighted by atomic mass is 10.1. The second-order valence-electron chi connectivity index (χ2n) is 7.40. The quantitative estimate of drug-likeness (QED) is 0.491. The molecular weight excluding hydrogens is 423 g/mol. The molecule has 1 aromatic carbocycles. The van der Waals surface area contributed by atoms with E-state index in [1.54, 1.807) is 16.8 Å². The fourth-order valence-corrected chi connectivity index (χ4v) is 3.51. The lowest BCUT2D eigenvalue weighted by Gasteiger charge is -2.13. The molecule has 1 aliphatic rings. The predicted molar refractivity (Wildman–Crippen MR) is 115 cm³/mol. The Balaban J connectivity index is 0.00000231. The van der Waals surface area contributed by atoms with Gasteiger partial charge in [0.05, 0.1) is 23.5 Å². The standard InChI is InChI=1S/C20H17FN6O3.H2S/c1-10(11-4-6-14(21)7-5-11)27-17-16(15(25-27)12-2-3-12)23-20(24-18(17)28)26-9-13(8-22-26)19(29)30;/h4-10,12H,2-3H2,1H3,(H,29,30)(H,23,24,28);1H2/t10-;/m0./s1. The largest absolute Gasteiger partial charge is 0.478 e. The normalized spacial score (nSPS) is 14.4. The summed E-state index contributed by atoms with van der Waals surface area (Å²) in [5.74, 6) is -1.11. The SMILES string of the molecule is C[C@@H](c1ccc(F)cc1)n1nc(C2CC2)c2nc(-n3cc(C(=O)O)cn3)[nH]c(=O)c21.S. The Bertz CT molecular complexity index is 1340. The maximum absolute atomic E-state index is 13.3. The highest BCUT2D eigenvalue weighted by Gasteiger charge is 2.32. The number of aromatic carboxylic acids is 1. The number of benzene rings is 1. The summed E-state index contributed by atoms with van der Waals surface area (Å²) < 4.78 is 16.2. The van der Waals surface area contributed by atoms with Gasteiger partial charge in [0.25, 0.3) is 5.56 Å². The highest BCUT2D eigenvalue weighted by Crippen LogP contribution is 2.42. The van der Waals surface area contributed by atoms with Gasteiger partial charge in [-0.15, -0.1) is 0 Å². The third kappa shape index (κ3) is 3.61. The number of fused-ring (bicyclic) bond motifs is 1. The minimum atomic E-state index is -1.12. The van der Waals surface area contributed by atoms with Crippen molar-refractivity contribution in [1.29, 1.82) is 0 Å². The van der Waals surface area contributed by atoms with E-state index < -0.39 is 11.5 Å². The summed E-state index contributed by atoms with van der Waals surface area (Å²) in [6.45, 7) is 1.89. The number of halogens is 1. The summed E-state index contributed by atoms with van der Waals surface area (Å²) in [5, 5.41) is 17.8. The molecule has 1 fully saturated rings. The Labute approximate surface area is 182 Å². The summed E-state index contributed by atoms with van der Waals surface area (Å²) in [6.07, 6.45) is 4.40. The van der Waals surface area contributed by atoms with Crippen molar-refractivity contribution in [2.24, 2.45) is 0 Å². The van der Waals surface area contributed by atoms with Crippen molar-refractivity contribution in [2.75, 3.05) is 0 Å². The van der Waals surface area contributed by atoms with Gasteiger partial charge in [-0.25, -0.2) is 18.9 Å². The number of nitrogens with zero attached hydrogens (tertiary/aromatic N) is 5. The molecule has 160 valence electrons. The van der Waals surface area contributed by atoms with Gasteiger partial charge in [0.1, 0.15) is 11.3 Å². The van der Waals surface area contributed by atoms with Gasteiger partial charge in [0, 0.05) is 12.1 Å². The second-order valence-corrected chi connectivity index (χ2v) is 7.40. The van der Waals surface area contributed by atoms with Gasteiger partial charge in [-0.05, 0) is 37.5 Å². The highest BCUT2D eigenvalue weighted by atomic mass is 32.1. The van der Waals surface area contributed by atoms with Gasteiger partial charge < -0.3 is 5.11 Å². The first-order valence-electron chi connectivity index (χ1n) is 9.48. The topological polar surface area (TPSA) is 119 Å². The molecule has 1 aliphatic carbocycles. The maximum atomic E-state index is 13.3. The molecule has 0 saturated heterocycles. The number of carboxylic acids is 1. The Morgan fingerprint density at radius 2 is 2.00 bits per heavy atom. The first-order valence-corrected chi connectivity index (χ1v) is 9.48. The molecule has 11 heteroatoms. The zero-order chi connectivity index (χ0) is 21.0. The molecule has 1 saturated carbocycles. The van der Waals surface area contributed by atoms with Crippen LogP contribution >= 0.6 is 13.5 Å². The van der Waals surface area contributed by atoms with Crippen LogP contribution in [0.5, 0.6) is 0 Å². The van der Waals surface area contributed by atoms with Crippen molar-refractivity contribution >= 4 is 30.5 Å². The molecule has 5 rings (SSSR count). The summed E-state index contributed by atoms with van der Waals surface area (Å²) in [4.78, 5) is 31.4. The summed E-state index contributed by atoms with van der Waals surface area (Å²) in [5.41, 5.74) is 1.92. The number of aromatic amines is 1. The van der Waals surface area contributed by atoms with Crippen molar-refractivity contribution in [3.8, 4) is 5.95 Å². The van der Waals surface area contributed by atoms with Crippen LogP contribution in [0.25, 0.3) is 17.0 Å². The molecule has 0 bridgehead atoms. The Morgan fingerprint density at radius 3 is 2.61 bits per heavy atom. The lowest BCUT2D eigenvalue weighted by Crippen LogP contribution is -2.18. The van der Waals surface area contributed by atoms with Crippen LogP contribution < -0.4 is 5.56 Å². The van der Waals surface area contributed by atoms with Gasteiger partial charge in [-0.1, -0.05) is 12.1 Å². The Morgan fingerprint density at radius 1 is 1.29 bits per heavy atom. The van der Waals surface area contributed by atoms with Crippen molar-refractivity contribution in [3.63, 3.8) is 0 Å². The average molecular weight is 442 g/mol. The van der Waals surface area contributed by atoms with Crippen molar-refractivity contribution in [1.82, 2.24) is 29.5 Å². The average Bonchev–Trinajstić information content (AvgIpc) is 3.30. The molecule has 0 spiro atoms. The van der Waals surface area contributed by atoms with Crippen molar-refractivity contribution in [3.05, 3.63) is 69.7 Å². The van der Waals surface area contributed by atoms with Gasteiger partial charge in [-0.3, -0.25) is 14.5 Å². The van der Waals surface area contributed by atoms with Crippen LogP contribution in [0.3, 0.4) is 0 Å². The van der Waals surface area contributed by atoms with E-state index >= 15 is 0 Å². The van der Waals surface area contributed by atoms with E-state index in [-0.39, 0.29) is 42.8 Å². The van der Waals surface area contributed by atoms with Crippen molar-refractivity contribution < 1.29 is 14.3 Å². The molecule has 0 amide bonds. The lowest BCUT2D eigenvalue weighted by molar-refractivity contribution is 0.0697. The number of aromatic nitrogens is 6.